The summed E-state index contributed by atoms with van der Waals surface area (Å²) < 4.78 is 10.4. The molecule has 2 rings (SSSR count). The first-order chi connectivity index (χ1) is 6.83. The Kier molecular flexibility index (Phi) is 2.35. The maximum absolute atomic E-state index is 10.7. The number of nitrogens with zero attached hydrogens (tertiary/aromatic N) is 1. The molecule has 0 unspecified atom stereocenters. The highest BCUT2D eigenvalue weighted by molar-refractivity contribution is 5.78. The van der Waals surface area contributed by atoms with E-state index in [1.807, 2.05) is 0 Å². The Hall–Kier alpha value is -1.58. The SMILES string of the molecule is COc1ncc(OC2CC2)cc1C=O. The number of carbonyl (C=O) groups excluding carboxylic acids is 1. The van der Waals surface area contributed by atoms with Gasteiger partial charge in [0, 0.05) is 0 Å². The van der Waals surface area contributed by atoms with E-state index in [1.165, 1.54) is 7.11 Å². The van der Waals surface area contributed by atoms with Crippen LogP contribution in [0, 0.1) is 0 Å². The zero-order chi connectivity index (χ0) is 9.97. The highest BCUT2D eigenvalue weighted by Gasteiger charge is 2.23. The van der Waals surface area contributed by atoms with Gasteiger partial charge in [0.05, 0.1) is 25.0 Å². The number of aldehydes is 1. The van der Waals surface area contributed by atoms with Gasteiger partial charge in [0.1, 0.15) is 5.75 Å². The Morgan fingerprint density at radius 3 is 2.93 bits per heavy atom. The van der Waals surface area contributed by atoms with Gasteiger partial charge >= 0.3 is 0 Å². The maximum Gasteiger partial charge on any atom is 0.224 e. The third-order valence-corrected chi connectivity index (χ3v) is 2.00. The average molecular weight is 193 g/mol. The van der Waals surface area contributed by atoms with Gasteiger partial charge in [-0.2, -0.15) is 0 Å². The molecule has 0 aliphatic heterocycles. The van der Waals surface area contributed by atoms with Gasteiger partial charge in [0.2, 0.25) is 5.88 Å². The molecule has 1 saturated carbocycles. The third-order valence-electron chi connectivity index (χ3n) is 2.00. The highest BCUT2D eigenvalue weighted by Crippen LogP contribution is 2.28. The first-order valence-electron chi connectivity index (χ1n) is 4.49. The Balaban J connectivity index is 2.21. The summed E-state index contributed by atoms with van der Waals surface area (Å²) in [5, 5.41) is 0. The van der Waals surface area contributed by atoms with E-state index in [-0.39, 0.29) is 0 Å². The van der Waals surface area contributed by atoms with E-state index in [1.54, 1.807) is 12.3 Å². The zero-order valence-corrected chi connectivity index (χ0v) is 7.90. The van der Waals surface area contributed by atoms with E-state index in [4.69, 9.17) is 9.47 Å². The van der Waals surface area contributed by atoms with Gasteiger partial charge in [-0.3, -0.25) is 4.79 Å². The van der Waals surface area contributed by atoms with Crippen molar-refractivity contribution in [3.8, 4) is 11.6 Å². The van der Waals surface area contributed by atoms with Crippen LogP contribution < -0.4 is 9.47 Å². The van der Waals surface area contributed by atoms with Gasteiger partial charge < -0.3 is 9.47 Å². The smallest absolute Gasteiger partial charge is 0.224 e. The van der Waals surface area contributed by atoms with Gasteiger partial charge in [0.15, 0.2) is 6.29 Å². The molecule has 0 N–H and O–H groups in total. The fourth-order valence-corrected chi connectivity index (χ4v) is 1.15. The van der Waals surface area contributed by atoms with E-state index < -0.39 is 0 Å². The van der Waals surface area contributed by atoms with Crippen LogP contribution in [0.5, 0.6) is 11.6 Å². The van der Waals surface area contributed by atoms with Crippen LogP contribution in [0.3, 0.4) is 0 Å². The van der Waals surface area contributed by atoms with Gasteiger partial charge in [-0.25, -0.2) is 4.98 Å². The molecule has 0 atom stereocenters. The summed E-state index contributed by atoms with van der Waals surface area (Å²) in [5.41, 5.74) is 0.422. The van der Waals surface area contributed by atoms with Crippen LogP contribution in [0.15, 0.2) is 12.3 Å². The van der Waals surface area contributed by atoms with Crippen LogP contribution in [0.4, 0.5) is 0 Å². The van der Waals surface area contributed by atoms with E-state index >= 15 is 0 Å². The number of ether oxygens (including phenoxy) is 2. The molecule has 1 aliphatic carbocycles. The van der Waals surface area contributed by atoms with Crippen molar-refractivity contribution in [1.29, 1.82) is 0 Å². The minimum absolute atomic E-state index is 0.310. The van der Waals surface area contributed by atoms with Crippen molar-refractivity contribution in [2.45, 2.75) is 18.9 Å². The normalized spacial score (nSPS) is 14.9. The lowest BCUT2D eigenvalue weighted by Gasteiger charge is -2.06. The minimum atomic E-state index is 0.310. The first-order valence-corrected chi connectivity index (χ1v) is 4.49. The second-order valence-corrected chi connectivity index (χ2v) is 3.20. The van der Waals surface area contributed by atoms with E-state index in [0.717, 1.165) is 12.8 Å². The molecule has 0 amide bonds. The van der Waals surface area contributed by atoms with Crippen molar-refractivity contribution in [3.05, 3.63) is 17.8 Å². The van der Waals surface area contributed by atoms with Crippen LogP contribution in [0.2, 0.25) is 0 Å². The van der Waals surface area contributed by atoms with Crippen molar-refractivity contribution in [2.24, 2.45) is 0 Å². The Bertz CT molecular complexity index is 347. The molecule has 1 aromatic heterocycles. The Morgan fingerprint density at radius 1 is 1.57 bits per heavy atom. The number of aromatic nitrogens is 1. The fraction of sp³-hybridized carbons (Fsp3) is 0.400. The van der Waals surface area contributed by atoms with Crippen molar-refractivity contribution in [3.63, 3.8) is 0 Å². The largest absolute Gasteiger partial charge is 0.489 e. The standard InChI is InChI=1S/C10H11NO3/c1-13-10-7(6-12)4-9(5-11-10)14-8-2-3-8/h4-6,8H,2-3H2,1H3. The number of methoxy groups -OCH3 is 1. The Morgan fingerprint density at radius 2 is 2.36 bits per heavy atom. The molecule has 74 valence electrons. The molecule has 0 radical (unpaired) electrons. The van der Waals surface area contributed by atoms with Gasteiger partial charge in [-0.15, -0.1) is 0 Å². The summed E-state index contributed by atoms with van der Waals surface area (Å²) >= 11 is 0. The molecule has 1 fully saturated rings. The summed E-state index contributed by atoms with van der Waals surface area (Å²) in [6.07, 6.45) is 4.77. The molecule has 0 saturated heterocycles. The average Bonchev–Trinajstić information content (AvgIpc) is 3.01. The molecule has 0 spiro atoms. The number of hydrogen-bond donors (Lipinski definition) is 0. The van der Waals surface area contributed by atoms with E-state index in [2.05, 4.69) is 4.98 Å². The molecule has 1 aliphatic rings. The summed E-state index contributed by atoms with van der Waals surface area (Å²) in [7, 11) is 1.48. The molecular weight excluding hydrogens is 182 g/mol. The van der Waals surface area contributed by atoms with Gasteiger partial charge in [-0.05, 0) is 18.9 Å². The Labute approximate surface area is 81.9 Å². The number of pyridine rings is 1. The lowest BCUT2D eigenvalue weighted by molar-refractivity contribution is 0.111. The molecule has 0 bridgehead atoms. The van der Waals surface area contributed by atoms with Crippen molar-refractivity contribution in [2.75, 3.05) is 7.11 Å². The van der Waals surface area contributed by atoms with Crippen molar-refractivity contribution < 1.29 is 14.3 Å². The number of hydrogen-bond acceptors (Lipinski definition) is 4. The van der Waals surface area contributed by atoms with Crippen LogP contribution in [0.1, 0.15) is 23.2 Å². The van der Waals surface area contributed by atoms with Crippen LogP contribution in [-0.4, -0.2) is 24.5 Å². The molecule has 14 heavy (non-hydrogen) atoms. The molecule has 0 aromatic carbocycles. The lowest BCUT2D eigenvalue weighted by Crippen LogP contribution is -1.99. The number of carbonyl (C=O) groups is 1. The fourth-order valence-electron chi connectivity index (χ4n) is 1.15. The zero-order valence-electron chi connectivity index (χ0n) is 7.90. The first kappa shape index (κ1) is 8.99. The predicted molar refractivity (Wildman–Crippen MR) is 49.8 cm³/mol. The van der Waals surface area contributed by atoms with Crippen LogP contribution in [-0.2, 0) is 0 Å². The summed E-state index contributed by atoms with van der Waals surface area (Å²) in [5.74, 6) is 0.971. The summed E-state index contributed by atoms with van der Waals surface area (Å²) in [6.45, 7) is 0. The molecule has 1 heterocycles. The molecule has 1 aromatic rings. The van der Waals surface area contributed by atoms with Gasteiger partial charge in [0.25, 0.3) is 0 Å². The summed E-state index contributed by atoms with van der Waals surface area (Å²) in [6, 6.07) is 1.65. The minimum Gasteiger partial charge on any atom is -0.489 e. The van der Waals surface area contributed by atoms with E-state index in [0.29, 0.717) is 29.6 Å². The van der Waals surface area contributed by atoms with Crippen molar-refractivity contribution >= 4 is 6.29 Å². The monoisotopic (exact) mass is 193 g/mol. The molecule has 4 nitrogen and oxygen atoms in total. The van der Waals surface area contributed by atoms with Gasteiger partial charge in [-0.1, -0.05) is 0 Å². The molecule has 4 heteroatoms. The van der Waals surface area contributed by atoms with Crippen LogP contribution >= 0.6 is 0 Å². The van der Waals surface area contributed by atoms with E-state index in [9.17, 15) is 4.79 Å². The quantitative estimate of drug-likeness (QED) is 0.679. The second-order valence-electron chi connectivity index (χ2n) is 3.20. The van der Waals surface area contributed by atoms with Crippen molar-refractivity contribution in [1.82, 2.24) is 4.98 Å². The maximum atomic E-state index is 10.7. The second kappa shape index (κ2) is 3.65. The lowest BCUT2D eigenvalue weighted by atomic mass is 10.3. The van der Waals surface area contributed by atoms with Crippen LogP contribution in [0.25, 0.3) is 0 Å². The molecular formula is C10H11NO3. The summed E-state index contributed by atoms with van der Waals surface area (Å²) in [4.78, 5) is 14.6. The highest BCUT2D eigenvalue weighted by atomic mass is 16.5. The number of rotatable bonds is 4. The topological polar surface area (TPSA) is 48.4 Å². The predicted octanol–water partition coefficient (Wildman–Crippen LogP) is 1.44. The third kappa shape index (κ3) is 1.84.